The minimum atomic E-state index is -3.49. The molecule has 3 rings (SSSR count). The number of aryl methyl sites for hydroxylation is 1. The summed E-state index contributed by atoms with van der Waals surface area (Å²) in [5.41, 5.74) is 2.21. The van der Waals surface area contributed by atoms with Crippen molar-refractivity contribution in [2.24, 2.45) is 0 Å². The summed E-state index contributed by atoms with van der Waals surface area (Å²) in [6, 6.07) is 8.85. The molecule has 0 fully saturated rings. The van der Waals surface area contributed by atoms with Gasteiger partial charge in [-0.25, -0.2) is 21.6 Å². The van der Waals surface area contributed by atoms with Gasteiger partial charge in [-0.15, -0.1) is 0 Å². The molecule has 0 amide bonds. The average molecular weight is 466 g/mol. The maximum absolute atomic E-state index is 12.5. The van der Waals surface area contributed by atoms with Crippen LogP contribution in [0.5, 0.6) is 0 Å². The molecule has 2 aromatic carbocycles. The Balaban J connectivity index is 1.73. The average Bonchev–Trinajstić information content (AvgIpc) is 3.15. The second-order valence-electron chi connectivity index (χ2n) is 7.31. The molecule has 0 bridgehead atoms. The second kappa shape index (κ2) is 8.43. The zero-order valence-electron chi connectivity index (χ0n) is 17.4. The normalized spacial score (nSPS) is 13.7. The Bertz CT molecular complexity index is 1260. The molecule has 0 radical (unpaired) electrons. The molecule has 1 heterocycles. The van der Waals surface area contributed by atoms with Crippen LogP contribution in [0.25, 0.3) is 0 Å². The van der Waals surface area contributed by atoms with Crippen LogP contribution in [0.15, 0.2) is 41.3 Å². The van der Waals surface area contributed by atoms with E-state index < -0.39 is 38.2 Å². The van der Waals surface area contributed by atoms with Gasteiger partial charge in [0, 0.05) is 18.4 Å². The molecule has 0 saturated heterocycles. The highest BCUT2D eigenvalue weighted by molar-refractivity contribution is 7.92. The summed E-state index contributed by atoms with van der Waals surface area (Å²) >= 11 is 0. The number of fused-ring (bicyclic) bond motifs is 1. The van der Waals surface area contributed by atoms with Gasteiger partial charge >= 0.3 is 5.97 Å². The van der Waals surface area contributed by atoms with Gasteiger partial charge in [0.2, 0.25) is 10.0 Å². The first-order chi connectivity index (χ1) is 14.4. The van der Waals surface area contributed by atoms with Gasteiger partial charge in [0.05, 0.1) is 21.9 Å². The number of hydrogen-bond acceptors (Lipinski definition) is 7. The summed E-state index contributed by atoms with van der Waals surface area (Å²) < 4.78 is 54.2. The molecule has 0 unspecified atom stereocenters. The van der Waals surface area contributed by atoms with Crippen LogP contribution in [-0.4, -0.2) is 53.7 Å². The number of anilines is 1. The first-order valence-electron chi connectivity index (χ1n) is 9.58. The molecule has 8 nitrogen and oxygen atoms in total. The summed E-state index contributed by atoms with van der Waals surface area (Å²) in [7, 11) is -6.87. The first kappa shape index (κ1) is 23.0. The molecule has 0 aliphatic carbocycles. The number of carbonyl (C=O) groups excluding carboxylic acids is 2. The summed E-state index contributed by atoms with van der Waals surface area (Å²) in [6.45, 7) is 3.03. The second-order valence-corrected chi connectivity index (χ2v) is 11.5. The van der Waals surface area contributed by atoms with Crippen LogP contribution >= 0.6 is 0 Å². The van der Waals surface area contributed by atoms with Gasteiger partial charge < -0.3 is 4.74 Å². The number of sulfonamides is 1. The largest absolute Gasteiger partial charge is 0.454 e. The number of rotatable bonds is 7. The Hall–Kier alpha value is -2.72. The van der Waals surface area contributed by atoms with E-state index in [1.807, 2.05) is 0 Å². The molecule has 0 atom stereocenters. The molecular formula is C21H23NO7S2. The maximum Gasteiger partial charge on any atom is 0.338 e. The van der Waals surface area contributed by atoms with E-state index in [1.165, 1.54) is 28.6 Å². The predicted octanol–water partition coefficient (Wildman–Crippen LogP) is 2.15. The summed E-state index contributed by atoms with van der Waals surface area (Å²) in [6.07, 6.45) is 1.53. The first-order valence-corrected chi connectivity index (χ1v) is 13.1. The van der Waals surface area contributed by atoms with Crippen molar-refractivity contribution in [1.82, 2.24) is 0 Å². The fourth-order valence-electron chi connectivity index (χ4n) is 3.33. The molecule has 1 aliphatic heterocycles. The van der Waals surface area contributed by atoms with Crippen molar-refractivity contribution >= 4 is 37.3 Å². The van der Waals surface area contributed by atoms with Crippen molar-refractivity contribution < 1.29 is 31.2 Å². The van der Waals surface area contributed by atoms with Crippen LogP contribution in [0, 0.1) is 6.92 Å². The Morgan fingerprint density at radius 1 is 1.06 bits per heavy atom. The number of ketones is 1. The molecule has 166 valence electrons. The topological polar surface area (TPSA) is 115 Å². The van der Waals surface area contributed by atoms with Gasteiger partial charge in [-0.1, -0.05) is 6.07 Å². The SMILES string of the molecule is CCS(=O)(=O)N1CCc2cc(C(=O)COC(=O)c3cc(S(C)(=O)=O)ccc3C)ccc21. The standard InChI is InChI=1S/C21H23NO7S2/c1-4-31(27,28)22-10-9-15-11-16(6-8-19(15)22)20(23)13-29-21(24)18-12-17(30(3,25)26)7-5-14(18)2/h5-8,11-12H,4,9-10,13H2,1-3H3. The van der Waals surface area contributed by atoms with E-state index in [1.54, 1.807) is 26.0 Å². The van der Waals surface area contributed by atoms with Crippen LogP contribution in [0.3, 0.4) is 0 Å². The monoisotopic (exact) mass is 465 g/mol. The molecule has 31 heavy (non-hydrogen) atoms. The zero-order valence-corrected chi connectivity index (χ0v) is 19.0. The molecule has 0 spiro atoms. The third-order valence-corrected chi connectivity index (χ3v) is 8.04. The highest BCUT2D eigenvalue weighted by atomic mass is 32.2. The fourth-order valence-corrected chi connectivity index (χ4v) is 5.14. The van der Waals surface area contributed by atoms with Crippen LogP contribution in [-0.2, 0) is 31.0 Å². The highest BCUT2D eigenvalue weighted by Crippen LogP contribution is 2.31. The molecule has 10 heteroatoms. The highest BCUT2D eigenvalue weighted by Gasteiger charge is 2.28. The van der Waals surface area contributed by atoms with Gasteiger partial charge in [0.25, 0.3) is 0 Å². The van der Waals surface area contributed by atoms with Gasteiger partial charge in [0.1, 0.15) is 0 Å². The Morgan fingerprint density at radius 3 is 2.42 bits per heavy atom. The lowest BCUT2D eigenvalue weighted by atomic mass is 10.1. The summed E-state index contributed by atoms with van der Waals surface area (Å²) in [5, 5.41) is 0. The van der Waals surface area contributed by atoms with Crippen LogP contribution in [0.4, 0.5) is 5.69 Å². The quantitative estimate of drug-likeness (QED) is 0.454. The van der Waals surface area contributed by atoms with Crippen molar-refractivity contribution in [3.8, 4) is 0 Å². The van der Waals surface area contributed by atoms with Crippen LogP contribution < -0.4 is 4.31 Å². The number of ether oxygens (including phenoxy) is 1. The van der Waals surface area contributed by atoms with Crippen molar-refractivity contribution in [2.75, 3.05) is 29.5 Å². The number of hydrogen-bond donors (Lipinski definition) is 0. The van der Waals surface area contributed by atoms with E-state index in [0.29, 0.717) is 29.8 Å². The van der Waals surface area contributed by atoms with Gasteiger partial charge in [-0.3, -0.25) is 9.10 Å². The minimum absolute atomic E-state index is 0.0109. The van der Waals surface area contributed by atoms with E-state index in [4.69, 9.17) is 4.74 Å². The van der Waals surface area contributed by atoms with E-state index in [0.717, 1.165) is 11.8 Å². The maximum atomic E-state index is 12.5. The molecule has 0 aromatic heterocycles. The van der Waals surface area contributed by atoms with E-state index in [9.17, 15) is 26.4 Å². The lowest BCUT2D eigenvalue weighted by molar-refractivity contribution is 0.0473. The van der Waals surface area contributed by atoms with Gasteiger partial charge in [-0.2, -0.15) is 0 Å². The Morgan fingerprint density at radius 2 is 1.77 bits per heavy atom. The number of Topliss-reactive ketones (excluding diaryl/α,β-unsaturated/α-hetero) is 1. The lowest BCUT2D eigenvalue weighted by Crippen LogP contribution is -2.30. The zero-order chi connectivity index (χ0) is 23.0. The number of nitrogens with zero attached hydrogens (tertiary/aromatic N) is 1. The lowest BCUT2D eigenvalue weighted by Gasteiger charge is -2.18. The third-order valence-electron chi connectivity index (χ3n) is 5.15. The van der Waals surface area contributed by atoms with Crippen LogP contribution in [0.2, 0.25) is 0 Å². The Kier molecular flexibility index (Phi) is 6.24. The molecule has 2 aromatic rings. The summed E-state index contributed by atoms with van der Waals surface area (Å²) in [5.74, 6) is -1.24. The summed E-state index contributed by atoms with van der Waals surface area (Å²) in [4.78, 5) is 24.9. The molecule has 1 aliphatic rings. The number of esters is 1. The minimum Gasteiger partial charge on any atom is -0.454 e. The van der Waals surface area contributed by atoms with Crippen LogP contribution in [0.1, 0.15) is 38.8 Å². The fraction of sp³-hybridized carbons (Fsp3) is 0.333. The van der Waals surface area contributed by atoms with Crippen molar-refractivity contribution in [3.63, 3.8) is 0 Å². The van der Waals surface area contributed by atoms with Gasteiger partial charge in [-0.05, 0) is 61.7 Å². The van der Waals surface area contributed by atoms with Crippen molar-refractivity contribution in [2.45, 2.75) is 25.2 Å². The molecule has 0 saturated carbocycles. The van der Waals surface area contributed by atoms with Crippen molar-refractivity contribution in [3.05, 3.63) is 58.7 Å². The number of carbonyl (C=O) groups is 2. The number of sulfone groups is 1. The smallest absolute Gasteiger partial charge is 0.338 e. The molecule has 0 N–H and O–H groups in total. The number of benzene rings is 2. The predicted molar refractivity (Wildman–Crippen MR) is 116 cm³/mol. The molecular weight excluding hydrogens is 442 g/mol. The van der Waals surface area contributed by atoms with E-state index >= 15 is 0 Å². The van der Waals surface area contributed by atoms with E-state index in [2.05, 4.69) is 0 Å². The van der Waals surface area contributed by atoms with Crippen molar-refractivity contribution in [1.29, 1.82) is 0 Å². The van der Waals surface area contributed by atoms with E-state index in [-0.39, 0.29) is 16.2 Å². The Labute approximate surface area is 181 Å². The third kappa shape index (κ3) is 4.80. The van der Waals surface area contributed by atoms with Gasteiger partial charge in [0.15, 0.2) is 22.2 Å².